The molecule has 0 saturated carbocycles. The molecule has 103 heavy (non-hydrogen) atoms. The van der Waals surface area contributed by atoms with Crippen LogP contribution in [-0.4, -0.2) is 159 Å². The summed E-state index contributed by atoms with van der Waals surface area (Å²) in [5.74, 6) is -5.60. The highest BCUT2D eigenvalue weighted by molar-refractivity contribution is 6.84. The van der Waals surface area contributed by atoms with E-state index in [0.29, 0.717) is 0 Å². The summed E-state index contributed by atoms with van der Waals surface area (Å²) in [4.78, 5) is 13.1. The van der Waals surface area contributed by atoms with Crippen molar-refractivity contribution in [3.05, 3.63) is 179 Å². The van der Waals surface area contributed by atoms with Gasteiger partial charge in [0.1, 0.15) is 68.1 Å². The number of methoxy groups -OCH3 is 1. The molecule has 4 bridgehead atoms. The highest BCUT2D eigenvalue weighted by Crippen LogP contribution is 2.54. The molecule has 5 aliphatic rings. The van der Waals surface area contributed by atoms with Crippen LogP contribution in [0, 0.1) is 0 Å². The number of ether oxygens (including phenoxy) is 12. The van der Waals surface area contributed by atoms with Crippen molar-refractivity contribution in [1.29, 1.82) is 0 Å². The molecule has 12 unspecified atom stereocenters. The van der Waals surface area contributed by atoms with Gasteiger partial charge in [0.15, 0.2) is 0 Å². The molecule has 5 aromatic rings. The minimum atomic E-state index is -3.57. The average Bonchev–Trinajstić information content (AvgIpc) is 1.60. The van der Waals surface area contributed by atoms with E-state index >= 15 is 0 Å². The Kier molecular flexibility index (Phi) is 27.9. The van der Waals surface area contributed by atoms with E-state index in [1.807, 2.05) is 152 Å². The second-order valence-corrected chi connectivity index (χ2v) is 48.7. The number of rotatable bonds is 33. The molecule has 12 atom stereocenters. The molecule has 0 aliphatic carbocycles. The molecular formula is C80H118O19Si4. The number of carbonyl (C=O) groups is 1. The van der Waals surface area contributed by atoms with E-state index in [9.17, 15) is 4.79 Å². The number of fused-ring (bicyclic) bond motifs is 4. The summed E-state index contributed by atoms with van der Waals surface area (Å²) in [5, 5.41) is 0. The standard InChI is InChI=1S/C80H118O19Si4/c1-55(2)100(56(3)4)91-53-79(76(87-47-67-40-30-22-31-41-67)73(69(94-79)49-84-63(17)81)96-102(98-100,59(9)10)60(11)12)90-51-71-74-77(88-48-68-42-32-23-33-43-68)80(95-71,54-92-101(57(5)6,58(7)8)99-103(97-74,61(13)14)62(15)16)89-50-70-72(85-45-65-36-26-20-27-37-65)75(86-46-66-38-28-21-29-39-66)78(82-18,93-70)52-83-44-64-34-24-19-25-35-64/h19-43,55-62,69-77H,44-54H2,1-18H3. The predicted molar refractivity (Wildman–Crippen MR) is 402 cm³/mol. The summed E-state index contributed by atoms with van der Waals surface area (Å²) in [6.45, 7) is 36.4. The van der Waals surface area contributed by atoms with Gasteiger partial charge in [-0.3, -0.25) is 4.79 Å². The maximum Gasteiger partial charge on any atom is 0.335 e. The smallest absolute Gasteiger partial charge is 0.335 e. The number of hydrogen-bond acceptors (Lipinski definition) is 19. The number of carbonyl (C=O) groups excluding carboxylic acids is 1. The van der Waals surface area contributed by atoms with Crippen LogP contribution in [0.4, 0.5) is 0 Å². The van der Waals surface area contributed by atoms with Crippen LogP contribution in [-0.2, 0) is 121 Å². The van der Waals surface area contributed by atoms with E-state index in [1.165, 1.54) is 6.92 Å². The van der Waals surface area contributed by atoms with Crippen LogP contribution in [0.5, 0.6) is 0 Å². The Balaban J connectivity index is 1.14. The zero-order valence-electron chi connectivity index (χ0n) is 64.3. The first-order valence-corrected chi connectivity index (χ1v) is 45.4. The molecule has 0 aromatic heterocycles. The van der Waals surface area contributed by atoms with Crippen molar-refractivity contribution >= 4 is 40.2 Å². The largest absolute Gasteiger partial charge is 0.463 e. The SMILES string of the molecule is COC1(COCc2ccccc2)OC(COC23CO[Si](C(C)C)(C(C)C)O[Si](C(C)C)(C(C)C)OC(C(COC45CO[Si](C(C)C)(C(C)C)O[Si](C(C)C)(C(C)C)OC(C(COC(C)=O)O4)C5OCc4ccccc4)O2)C3OCc2ccccc2)C(OCc2ccccc2)C1OCc1ccccc1. The summed E-state index contributed by atoms with van der Waals surface area (Å²) >= 11 is 0. The van der Waals surface area contributed by atoms with Crippen molar-refractivity contribution in [3.63, 3.8) is 0 Å². The second-order valence-electron chi connectivity index (χ2n) is 31.0. The lowest BCUT2D eigenvalue weighted by atomic mass is 10.0. The molecule has 0 radical (unpaired) electrons. The Morgan fingerprint density at radius 2 is 0.728 bits per heavy atom. The Hall–Kier alpha value is -4.24. The Morgan fingerprint density at radius 1 is 0.408 bits per heavy atom. The van der Waals surface area contributed by atoms with Gasteiger partial charge in [0.05, 0.1) is 59.5 Å². The Bertz CT molecular complexity index is 3350. The quantitative estimate of drug-likeness (QED) is 0.0285. The normalized spacial score (nSPS) is 29.0. The lowest BCUT2D eigenvalue weighted by Gasteiger charge is -2.49. The molecule has 0 spiro atoms. The fraction of sp³-hybridized carbons (Fsp3) is 0.613. The molecule has 5 heterocycles. The van der Waals surface area contributed by atoms with Crippen LogP contribution in [0.2, 0.25) is 44.3 Å². The van der Waals surface area contributed by atoms with E-state index < -0.39 is 113 Å². The van der Waals surface area contributed by atoms with Gasteiger partial charge in [0.2, 0.25) is 17.4 Å². The molecule has 0 amide bonds. The third kappa shape index (κ3) is 17.9. The zero-order valence-corrected chi connectivity index (χ0v) is 68.3. The van der Waals surface area contributed by atoms with E-state index in [4.69, 9.17) is 82.8 Å². The van der Waals surface area contributed by atoms with E-state index in [-0.39, 0.29) is 117 Å². The van der Waals surface area contributed by atoms with Gasteiger partial charge in [-0.05, 0) is 72.1 Å². The van der Waals surface area contributed by atoms with Gasteiger partial charge in [-0.25, -0.2) is 0 Å². The summed E-state index contributed by atoms with van der Waals surface area (Å²) in [5.41, 5.74) is 4.07. The van der Waals surface area contributed by atoms with Gasteiger partial charge >= 0.3 is 40.2 Å². The first kappa shape index (κ1) is 81.3. The van der Waals surface area contributed by atoms with Gasteiger partial charge in [-0.2, -0.15) is 0 Å². The lowest BCUT2D eigenvalue weighted by Crippen LogP contribution is -2.63. The molecule has 10 rings (SSSR count). The summed E-state index contributed by atoms with van der Waals surface area (Å²) in [6, 6.07) is 50.1. The molecule has 0 N–H and O–H groups in total. The zero-order chi connectivity index (χ0) is 74.0. The summed E-state index contributed by atoms with van der Waals surface area (Å²) in [7, 11) is -12.2. The third-order valence-corrected chi connectivity index (χ3v) is 41.8. The number of hydrogen-bond donors (Lipinski definition) is 0. The van der Waals surface area contributed by atoms with Crippen molar-refractivity contribution in [3.8, 4) is 0 Å². The Labute approximate surface area is 618 Å². The van der Waals surface area contributed by atoms with Crippen LogP contribution < -0.4 is 0 Å². The Morgan fingerprint density at radius 3 is 1.07 bits per heavy atom. The van der Waals surface area contributed by atoms with Crippen molar-refractivity contribution in [2.24, 2.45) is 0 Å². The molecule has 5 aromatic carbocycles. The first-order chi connectivity index (χ1) is 49.2. The predicted octanol–water partition coefficient (Wildman–Crippen LogP) is 16.0. The van der Waals surface area contributed by atoms with Crippen LogP contribution >= 0.6 is 0 Å². The molecule has 19 nitrogen and oxygen atoms in total. The van der Waals surface area contributed by atoms with Crippen molar-refractivity contribution in [2.75, 3.05) is 46.8 Å². The fourth-order valence-electron chi connectivity index (χ4n) is 15.8. The van der Waals surface area contributed by atoms with Gasteiger partial charge in [0.25, 0.3) is 0 Å². The maximum absolute atomic E-state index is 13.1. The molecule has 568 valence electrons. The van der Waals surface area contributed by atoms with E-state index in [1.54, 1.807) is 7.11 Å². The minimum Gasteiger partial charge on any atom is -0.463 e. The minimum absolute atomic E-state index is 0.0345. The number of benzene rings is 5. The van der Waals surface area contributed by atoms with Crippen molar-refractivity contribution < 1.29 is 87.6 Å². The van der Waals surface area contributed by atoms with Gasteiger partial charge in [0, 0.05) is 14.0 Å². The average molecular weight is 1500 g/mol. The van der Waals surface area contributed by atoms with E-state index in [2.05, 4.69) is 111 Å². The topological polar surface area (TPSA) is 183 Å². The fourth-order valence-corrected chi connectivity index (χ4v) is 38.2. The van der Waals surface area contributed by atoms with Gasteiger partial charge < -0.3 is 82.8 Å². The van der Waals surface area contributed by atoms with Crippen molar-refractivity contribution in [2.45, 2.75) is 267 Å². The third-order valence-electron chi connectivity index (χ3n) is 21.4. The van der Waals surface area contributed by atoms with Crippen molar-refractivity contribution in [1.82, 2.24) is 0 Å². The van der Waals surface area contributed by atoms with Crippen LogP contribution in [0.3, 0.4) is 0 Å². The maximum atomic E-state index is 13.1. The number of esters is 1. The monoisotopic (exact) mass is 1490 g/mol. The first-order valence-electron chi connectivity index (χ1n) is 37.5. The molecule has 5 saturated heterocycles. The van der Waals surface area contributed by atoms with Gasteiger partial charge in [-0.15, -0.1) is 0 Å². The second kappa shape index (κ2) is 35.4. The highest BCUT2D eigenvalue weighted by atomic mass is 28.5. The lowest BCUT2D eigenvalue weighted by molar-refractivity contribution is -0.318. The molecule has 5 fully saturated rings. The molecular weight excluding hydrogens is 1380 g/mol. The molecule has 23 heteroatoms. The summed E-state index contributed by atoms with van der Waals surface area (Å²) < 4.78 is 134. The van der Waals surface area contributed by atoms with Gasteiger partial charge in [-0.1, -0.05) is 262 Å². The van der Waals surface area contributed by atoms with Crippen LogP contribution in [0.25, 0.3) is 0 Å². The molecule has 5 aliphatic heterocycles. The van der Waals surface area contributed by atoms with Crippen LogP contribution in [0.1, 0.15) is 146 Å². The highest BCUT2D eigenvalue weighted by Gasteiger charge is 2.70. The van der Waals surface area contributed by atoms with E-state index in [0.717, 1.165) is 27.8 Å². The summed E-state index contributed by atoms with van der Waals surface area (Å²) in [6.07, 6.45) is -8.49. The van der Waals surface area contributed by atoms with Crippen LogP contribution in [0.15, 0.2) is 152 Å².